The Balaban J connectivity index is 0.000000555. The van der Waals surface area contributed by atoms with Gasteiger partial charge in [-0.1, -0.05) is 285 Å². The molecule has 0 nitrogen and oxygen atoms in total. The fraction of sp³-hybridized carbons (Fsp3) is 0.500. The monoisotopic (exact) mass is 1330 g/mol. The molecule has 5 atom stereocenters. The van der Waals surface area contributed by atoms with Gasteiger partial charge >= 0.3 is 0 Å². The van der Waals surface area contributed by atoms with E-state index < -0.39 is 0 Å². The third kappa shape index (κ3) is 31.0. The van der Waals surface area contributed by atoms with Gasteiger partial charge in [-0.2, -0.15) is 0 Å². The van der Waals surface area contributed by atoms with Gasteiger partial charge in [0.25, 0.3) is 0 Å². The molecule has 0 aromatic heterocycles. The van der Waals surface area contributed by atoms with E-state index in [1.807, 2.05) is 60.7 Å². The molecule has 0 fully saturated rings. The van der Waals surface area contributed by atoms with Crippen molar-refractivity contribution in [3.8, 4) is 0 Å². The summed E-state index contributed by atoms with van der Waals surface area (Å²) in [5.41, 5.74) is 14.4. The second-order valence-corrected chi connectivity index (χ2v) is 27.5. The van der Waals surface area contributed by atoms with Crippen LogP contribution in [0.3, 0.4) is 0 Å². The van der Waals surface area contributed by atoms with Gasteiger partial charge in [-0.3, -0.25) is 23.5 Å². The number of halogens is 5. The Labute approximate surface area is 571 Å². The van der Waals surface area contributed by atoms with Crippen molar-refractivity contribution in [2.45, 2.75) is 252 Å². The van der Waals surface area contributed by atoms with Crippen LogP contribution in [-0.2, 0) is 0 Å². The predicted octanol–water partition coefficient (Wildman–Crippen LogP) is 28.8. The van der Waals surface area contributed by atoms with E-state index in [1.165, 1.54) is 248 Å². The standard InChI is InChI=1S/5C16H21S.5FH/c5*1-2-3-4-13-5-7-14(8-6-13)15-9-11-16(17)12-10-15;;;;;/h5*7,9-13H,2-6,8H2,1H3;5*1H. The minimum Gasteiger partial charge on any atom is -0.269 e. The number of rotatable bonds is 20. The second-order valence-electron chi connectivity index (χ2n) is 25.2. The van der Waals surface area contributed by atoms with E-state index in [4.69, 9.17) is 63.1 Å². The summed E-state index contributed by atoms with van der Waals surface area (Å²) < 4.78 is 0. The number of unbranched alkanes of at least 4 members (excludes halogenated alkanes) is 5. The molecule has 5 aromatic rings. The molecule has 0 saturated carbocycles. The fourth-order valence-corrected chi connectivity index (χ4v) is 13.6. The minimum absolute atomic E-state index is 0. The van der Waals surface area contributed by atoms with E-state index in [2.05, 4.69) is 126 Å². The number of hydrogen-bond acceptors (Lipinski definition) is 0. The molecule has 90 heavy (non-hydrogen) atoms. The van der Waals surface area contributed by atoms with Crippen LogP contribution in [0.4, 0.5) is 23.5 Å². The van der Waals surface area contributed by atoms with Gasteiger partial charge < -0.3 is 0 Å². The summed E-state index contributed by atoms with van der Waals surface area (Å²) in [4.78, 5) is 4.68. The van der Waals surface area contributed by atoms with Gasteiger partial charge in [0, 0.05) is 24.5 Å². The van der Waals surface area contributed by atoms with Gasteiger partial charge in [-0.25, -0.2) is 0 Å². The lowest BCUT2D eigenvalue weighted by Gasteiger charge is -2.22. The topological polar surface area (TPSA) is 0 Å². The molecule has 0 spiro atoms. The molecule has 5 aliphatic carbocycles. The van der Waals surface area contributed by atoms with Crippen LogP contribution in [0.1, 0.15) is 255 Å². The first-order valence-electron chi connectivity index (χ1n) is 33.8. The molecule has 5 aromatic carbocycles. The van der Waals surface area contributed by atoms with Crippen molar-refractivity contribution in [1.82, 2.24) is 0 Å². The molecule has 495 valence electrons. The summed E-state index contributed by atoms with van der Waals surface area (Å²) in [7, 11) is 0. The smallest absolute Gasteiger partial charge is 0.0377 e. The van der Waals surface area contributed by atoms with E-state index >= 15 is 0 Å². The van der Waals surface area contributed by atoms with Gasteiger partial charge in [0.05, 0.1) is 0 Å². The Morgan fingerprint density at radius 3 is 0.500 bits per heavy atom. The Morgan fingerprint density at radius 1 is 0.244 bits per heavy atom. The maximum atomic E-state index is 5.12. The first-order valence-corrected chi connectivity index (χ1v) is 35.8. The predicted molar refractivity (Wildman–Crippen MR) is 398 cm³/mol. The third-order valence-electron chi connectivity index (χ3n) is 18.6. The van der Waals surface area contributed by atoms with Gasteiger partial charge in [0.15, 0.2) is 0 Å². The van der Waals surface area contributed by atoms with E-state index in [1.54, 1.807) is 0 Å². The molecule has 5 radical (unpaired) electrons. The van der Waals surface area contributed by atoms with Crippen LogP contribution < -0.4 is 0 Å². The van der Waals surface area contributed by atoms with Crippen molar-refractivity contribution in [2.75, 3.05) is 0 Å². The number of benzene rings is 5. The first kappa shape index (κ1) is 83.6. The van der Waals surface area contributed by atoms with Crippen LogP contribution in [0.2, 0.25) is 0 Å². The van der Waals surface area contributed by atoms with Crippen molar-refractivity contribution in [1.29, 1.82) is 0 Å². The molecule has 0 heterocycles. The molecule has 0 bridgehead atoms. The van der Waals surface area contributed by atoms with Crippen LogP contribution in [-0.4, -0.2) is 0 Å². The average Bonchev–Trinajstić information content (AvgIpc) is 3.64. The fourth-order valence-electron chi connectivity index (χ4n) is 12.9. The lowest BCUT2D eigenvalue weighted by atomic mass is 9.84. The molecule has 0 N–H and O–H groups in total. The van der Waals surface area contributed by atoms with Crippen molar-refractivity contribution >= 4 is 91.0 Å². The Morgan fingerprint density at radius 2 is 0.389 bits per heavy atom. The maximum absolute atomic E-state index is 5.12. The van der Waals surface area contributed by atoms with Crippen molar-refractivity contribution < 1.29 is 23.5 Å². The Hall–Kier alpha value is -4.45. The van der Waals surface area contributed by atoms with Crippen LogP contribution >= 0.6 is 63.1 Å². The largest absolute Gasteiger partial charge is 0.269 e. The molecule has 0 amide bonds. The summed E-state index contributed by atoms with van der Waals surface area (Å²) in [5.74, 6) is 4.64. The van der Waals surface area contributed by atoms with Gasteiger partial charge in [-0.15, -0.1) is 0 Å². The highest BCUT2D eigenvalue weighted by Gasteiger charge is 2.19. The molecular formula is C80H110F5S5. The normalized spacial score (nSPS) is 18.9. The van der Waals surface area contributed by atoms with E-state index in [0.29, 0.717) is 0 Å². The molecular weight excluding hydrogens is 1220 g/mol. The second kappa shape index (κ2) is 48.3. The zero-order chi connectivity index (χ0) is 60.4. The number of hydrogen-bond donors (Lipinski definition) is 0. The van der Waals surface area contributed by atoms with Gasteiger partial charge in [0.2, 0.25) is 0 Å². The molecule has 0 saturated heterocycles. The highest BCUT2D eigenvalue weighted by molar-refractivity contribution is 7.81. The van der Waals surface area contributed by atoms with Gasteiger partial charge in [-0.05, 0) is 242 Å². The molecule has 10 heteroatoms. The number of allylic oxidation sites excluding steroid dienone is 10. The lowest BCUT2D eigenvalue weighted by Crippen LogP contribution is -2.05. The summed E-state index contributed by atoms with van der Waals surface area (Å²) in [6, 6.07) is 42.0. The van der Waals surface area contributed by atoms with Crippen LogP contribution in [0.15, 0.2) is 176 Å². The molecule has 5 unspecified atom stereocenters. The molecule has 10 rings (SSSR count). The zero-order valence-corrected chi connectivity index (χ0v) is 59.2. The summed E-state index contributed by atoms with van der Waals surface area (Å²) in [6.07, 6.45) is 52.2. The lowest BCUT2D eigenvalue weighted by molar-refractivity contribution is 0.434. The first-order chi connectivity index (χ1) is 41.5. The van der Waals surface area contributed by atoms with Crippen LogP contribution in [0, 0.1) is 29.6 Å². The maximum Gasteiger partial charge on any atom is 0.0377 e. The van der Waals surface area contributed by atoms with Crippen molar-refractivity contribution in [2.24, 2.45) is 29.6 Å². The quantitative estimate of drug-likeness (QED) is 0.0682. The summed E-state index contributed by atoms with van der Waals surface area (Å²) in [5, 5.41) is 0. The highest BCUT2D eigenvalue weighted by Crippen LogP contribution is 2.38. The van der Waals surface area contributed by atoms with Crippen LogP contribution in [0.25, 0.3) is 27.9 Å². The van der Waals surface area contributed by atoms with E-state index in [9.17, 15) is 0 Å². The van der Waals surface area contributed by atoms with Crippen molar-refractivity contribution in [3.63, 3.8) is 0 Å². The summed E-state index contributed by atoms with van der Waals surface area (Å²) >= 11 is 25.6. The SMILES string of the molecule is CCCCC1CC=C(c2ccc([S])cc2)CC1.CCCCC1CC=C(c2ccc([S])cc2)CC1.CCCCC1CC=C(c2ccc([S])cc2)CC1.CCCCC1CC=C(c2ccc([S])cc2)CC1.CCCCC1CC=C(c2ccc([S])cc2)CC1.F.F.F.F.F. The highest BCUT2D eigenvalue weighted by atomic mass is 32.1. The van der Waals surface area contributed by atoms with Crippen LogP contribution in [0.5, 0.6) is 0 Å². The molecule has 0 aliphatic heterocycles. The average molecular weight is 1330 g/mol. The third-order valence-corrected chi connectivity index (χ3v) is 19.9. The Kier molecular flexibility index (Phi) is 44.8. The van der Waals surface area contributed by atoms with Crippen molar-refractivity contribution in [3.05, 3.63) is 180 Å². The zero-order valence-electron chi connectivity index (χ0n) is 55.1. The van der Waals surface area contributed by atoms with E-state index in [-0.39, 0.29) is 23.5 Å². The molecule has 5 aliphatic rings. The minimum atomic E-state index is 0. The Bertz CT molecular complexity index is 2350. The van der Waals surface area contributed by atoms with E-state index in [0.717, 1.165) is 54.1 Å². The summed E-state index contributed by atoms with van der Waals surface area (Å²) in [6.45, 7) is 11.4. The van der Waals surface area contributed by atoms with Gasteiger partial charge in [0.1, 0.15) is 0 Å².